The molecule has 1 aliphatic heterocycles. The molecule has 5 heteroatoms. The number of aliphatic hydroxyl groups is 1. The first-order valence-corrected chi connectivity index (χ1v) is 6.69. The molecule has 19 heavy (non-hydrogen) atoms. The van der Waals surface area contributed by atoms with Gasteiger partial charge in [-0.25, -0.2) is 0 Å². The van der Waals surface area contributed by atoms with Gasteiger partial charge in [0.2, 0.25) is 6.79 Å². The van der Waals surface area contributed by atoms with Crippen molar-refractivity contribution in [3.8, 4) is 11.5 Å². The number of fused-ring (bicyclic) bond motifs is 1. The summed E-state index contributed by atoms with van der Waals surface area (Å²) in [5.74, 6) is 1.36. The van der Waals surface area contributed by atoms with Gasteiger partial charge >= 0.3 is 0 Å². The van der Waals surface area contributed by atoms with E-state index in [1.807, 2.05) is 24.3 Å². The molecule has 2 heterocycles. The summed E-state index contributed by atoms with van der Waals surface area (Å²) in [7, 11) is 0. The number of rotatable bonds is 3. The Kier molecular flexibility index (Phi) is 3.40. The minimum Gasteiger partial charge on any atom is -0.454 e. The number of aliphatic hydroxyl groups excluding tert-OH is 1. The van der Waals surface area contributed by atoms with E-state index >= 15 is 0 Å². The second-order valence-corrected chi connectivity index (χ2v) is 5.17. The Morgan fingerprint density at radius 2 is 2.05 bits per heavy atom. The molecule has 0 radical (unpaired) electrons. The van der Waals surface area contributed by atoms with Gasteiger partial charge in [-0.2, -0.15) is 0 Å². The molecule has 1 aromatic carbocycles. The second-order valence-electron chi connectivity index (χ2n) is 4.31. The number of pyridine rings is 1. The Balaban J connectivity index is 1.84. The van der Waals surface area contributed by atoms with Gasteiger partial charge in [-0.1, -0.05) is 0 Å². The van der Waals surface area contributed by atoms with E-state index in [9.17, 15) is 5.11 Å². The number of nitrogens with zero attached hydrogens (tertiary/aromatic N) is 1. The zero-order valence-corrected chi connectivity index (χ0v) is 11.6. The molecule has 1 aromatic heterocycles. The number of benzene rings is 1. The number of ether oxygens (including phenoxy) is 2. The maximum absolute atomic E-state index is 10.3. The Morgan fingerprint density at radius 1 is 1.26 bits per heavy atom. The summed E-state index contributed by atoms with van der Waals surface area (Å²) >= 11 is 3.43. The highest BCUT2D eigenvalue weighted by molar-refractivity contribution is 9.10. The molecule has 2 aromatic rings. The SMILES string of the molecule is OC(Cc1ccncc1)c1cc(Br)c2c(c1)OCO2. The van der Waals surface area contributed by atoms with Crippen molar-refractivity contribution in [1.29, 1.82) is 0 Å². The van der Waals surface area contributed by atoms with Crippen molar-refractivity contribution in [1.82, 2.24) is 4.98 Å². The van der Waals surface area contributed by atoms with Crippen molar-refractivity contribution >= 4 is 15.9 Å². The van der Waals surface area contributed by atoms with Gasteiger partial charge in [0.15, 0.2) is 11.5 Å². The van der Waals surface area contributed by atoms with Gasteiger partial charge in [-0.15, -0.1) is 0 Å². The Hall–Kier alpha value is -1.59. The molecule has 1 aliphatic rings. The molecule has 1 atom stereocenters. The highest BCUT2D eigenvalue weighted by atomic mass is 79.9. The summed E-state index contributed by atoms with van der Waals surface area (Å²) in [5.41, 5.74) is 1.84. The number of hydrogen-bond acceptors (Lipinski definition) is 4. The maximum atomic E-state index is 10.3. The average Bonchev–Trinajstić information content (AvgIpc) is 2.88. The first-order valence-electron chi connectivity index (χ1n) is 5.90. The molecular formula is C14H12BrNO3. The molecule has 0 saturated heterocycles. The van der Waals surface area contributed by atoms with E-state index in [2.05, 4.69) is 20.9 Å². The van der Waals surface area contributed by atoms with E-state index in [4.69, 9.17) is 9.47 Å². The second kappa shape index (κ2) is 5.19. The van der Waals surface area contributed by atoms with Crippen LogP contribution in [0.4, 0.5) is 0 Å². The topological polar surface area (TPSA) is 51.6 Å². The van der Waals surface area contributed by atoms with Crippen molar-refractivity contribution < 1.29 is 14.6 Å². The fourth-order valence-corrected chi connectivity index (χ4v) is 2.61. The standard InChI is InChI=1S/C14H12BrNO3/c15-11-6-10(7-13-14(11)19-8-18-13)12(17)5-9-1-3-16-4-2-9/h1-4,6-7,12,17H,5,8H2. The maximum Gasteiger partial charge on any atom is 0.231 e. The van der Waals surface area contributed by atoms with Gasteiger partial charge in [-0.05, 0) is 51.3 Å². The van der Waals surface area contributed by atoms with E-state index in [-0.39, 0.29) is 6.79 Å². The van der Waals surface area contributed by atoms with Gasteiger partial charge in [-0.3, -0.25) is 4.98 Å². The van der Waals surface area contributed by atoms with Crippen LogP contribution in [-0.4, -0.2) is 16.9 Å². The van der Waals surface area contributed by atoms with Crippen LogP contribution < -0.4 is 9.47 Å². The molecule has 98 valence electrons. The van der Waals surface area contributed by atoms with Crippen molar-refractivity contribution in [2.24, 2.45) is 0 Å². The zero-order valence-electron chi connectivity index (χ0n) is 10.0. The molecular weight excluding hydrogens is 310 g/mol. The summed E-state index contributed by atoms with van der Waals surface area (Å²) < 4.78 is 11.5. The Bertz CT molecular complexity index is 589. The largest absolute Gasteiger partial charge is 0.454 e. The average molecular weight is 322 g/mol. The summed E-state index contributed by atoms with van der Waals surface area (Å²) in [6, 6.07) is 7.47. The number of aromatic nitrogens is 1. The minimum atomic E-state index is -0.590. The summed E-state index contributed by atoms with van der Waals surface area (Å²) in [4.78, 5) is 3.96. The number of halogens is 1. The zero-order chi connectivity index (χ0) is 13.2. The third-order valence-electron chi connectivity index (χ3n) is 3.01. The Morgan fingerprint density at radius 3 is 2.84 bits per heavy atom. The molecule has 0 fully saturated rings. The van der Waals surface area contributed by atoms with Crippen molar-refractivity contribution in [2.45, 2.75) is 12.5 Å². The number of hydrogen-bond donors (Lipinski definition) is 1. The van der Waals surface area contributed by atoms with Gasteiger partial charge in [0.05, 0.1) is 10.6 Å². The van der Waals surface area contributed by atoms with Crippen molar-refractivity contribution in [3.05, 3.63) is 52.3 Å². The van der Waals surface area contributed by atoms with Crippen LogP contribution >= 0.6 is 15.9 Å². The van der Waals surface area contributed by atoms with E-state index in [0.29, 0.717) is 17.9 Å². The Labute approximate surface area is 119 Å². The molecule has 0 bridgehead atoms. The predicted octanol–water partition coefficient (Wildman–Crippen LogP) is 2.85. The quantitative estimate of drug-likeness (QED) is 0.944. The fourth-order valence-electron chi connectivity index (χ4n) is 2.04. The third kappa shape index (κ3) is 2.57. The smallest absolute Gasteiger partial charge is 0.231 e. The van der Waals surface area contributed by atoms with Gasteiger partial charge in [0.1, 0.15) is 0 Å². The molecule has 1 unspecified atom stereocenters. The molecule has 0 spiro atoms. The van der Waals surface area contributed by atoms with Crippen molar-refractivity contribution in [2.75, 3.05) is 6.79 Å². The van der Waals surface area contributed by atoms with Crippen LogP contribution in [0.2, 0.25) is 0 Å². The lowest BCUT2D eigenvalue weighted by molar-refractivity contribution is 0.171. The van der Waals surface area contributed by atoms with E-state index in [0.717, 1.165) is 15.6 Å². The molecule has 4 nitrogen and oxygen atoms in total. The monoisotopic (exact) mass is 321 g/mol. The van der Waals surface area contributed by atoms with Gasteiger partial charge in [0, 0.05) is 18.8 Å². The van der Waals surface area contributed by atoms with Crippen LogP contribution in [0.1, 0.15) is 17.2 Å². The van der Waals surface area contributed by atoms with E-state index < -0.39 is 6.10 Å². The lowest BCUT2D eigenvalue weighted by Crippen LogP contribution is -2.02. The highest BCUT2D eigenvalue weighted by Gasteiger charge is 2.20. The van der Waals surface area contributed by atoms with Crippen molar-refractivity contribution in [3.63, 3.8) is 0 Å². The van der Waals surface area contributed by atoms with Crippen LogP contribution in [0.3, 0.4) is 0 Å². The molecule has 0 saturated carbocycles. The minimum absolute atomic E-state index is 0.220. The fraction of sp³-hybridized carbons (Fsp3) is 0.214. The molecule has 0 amide bonds. The summed E-state index contributed by atoms with van der Waals surface area (Å²) in [6.45, 7) is 0.220. The van der Waals surface area contributed by atoms with Crippen LogP contribution in [0, 0.1) is 0 Å². The lowest BCUT2D eigenvalue weighted by Gasteiger charge is -2.12. The van der Waals surface area contributed by atoms with Crippen LogP contribution in [0.15, 0.2) is 41.1 Å². The molecule has 3 rings (SSSR count). The molecule has 0 aliphatic carbocycles. The first kappa shape index (κ1) is 12.4. The third-order valence-corrected chi connectivity index (χ3v) is 3.60. The van der Waals surface area contributed by atoms with E-state index in [1.54, 1.807) is 12.4 Å². The lowest BCUT2D eigenvalue weighted by atomic mass is 10.0. The predicted molar refractivity (Wildman–Crippen MR) is 73.2 cm³/mol. The van der Waals surface area contributed by atoms with Crippen LogP contribution in [0.5, 0.6) is 11.5 Å². The summed E-state index contributed by atoms with van der Waals surface area (Å²) in [6.07, 6.45) is 3.39. The van der Waals surface area contributed by atoms with Gasteiger partial charge in [0.25, 0.3) is 0 Å². The normalized spacial score (nSPS) is 14.4. The summed E-state index contributed by atoms with van der Waals surface area (Å²) in [5, 5.41) is 10.3. The van der Waals surface area contributed by atoms with Crippen LogP contribution in [0.25, 0.3) is 0 Å². The van der Waals surface area contributed by atoms with Crippen LogP contribution in [-0.2, 0) is 6.42 Å². The molecule has 1 N–H and O–H groups in total. The first-order chi connectivity index (χ1) is 9.24. The van der Waals surface area contributed by atoms with Gasteiger partial charge < -0.3 is 14.6 Å². The highest BCUT2D eigenvalue weighted by Crippen LogP contribution is 2.41. The van der Waals surface area contributed by atoms with E-state index in [1.165, 1.54) is 0 Å².